The van der Waals surface area contributed by atoms with Crippen molar-refractivity contribution in [3.05, 3.63) is 22.4 Å². The van der Waals surface area contributed by atoms with E-state index in [1.165, 1.54) is 4.90 Å². The summed E-state index contributed by atoms with van der Waals surface area (Å²) in [6, 6.07) is 2.87. The molecular formula is C12H16N2O3S. The molecule has 18 heavy (non-hydrogen) atoms. The minimum absolute atomic E-state index is 0.00925. The second-order valence-corrected chi connectivity index (χ2v) is 5.51. The summed E-state index contributed by atoms with van der Waals surface area (Å²) in [4.78, 5) is 25.6. The predicted octanol–water partition coefficient (Wildman–Crippen LogP) is 1.75. The SMILES string of the molecule is CC1CCN(C(=O)NCc2cccs2)C1C(=O)O. The first kappa shape index (κ1) is 12.9. The zero-order valence-electron chi connectivity index (χ0n) is 10.1. The van der Waals surface area contributed by atoms with Gasteiger partial charge in [-0.2, -0.15) is 0 Å². The smallest absolute Gasteiger partial charge is 0.326 e. The van der Waals surface area contributed by atoms with Crippen molar-refractivity contribution in [3.63, 3.8) is 0 Å². The topological polar surface area (TPSA) is 69.6 Å². The van der Waals surface area contributed by atoms with Gasteiger partial charge in [-0.05, 0) is 23.8 Å². The third-order valence-corrected chi connectivity index (χ3v) is 4.08. The molecule has 2 amide bonds. The van der Waals surface area contributed by atoms with Gasteiger partial charge in [-0.3, -0.25) is 0 Å². The lowest BCUT2D eigenvalue weighted by Gasteiger charge is -2.23. The highest BCUT2D eigenvalue weighted by Crippen LogP contribution is 2.24. The van der Waals surface area contributed by atoms with Crippen LogP contribution in [0.25, 0.3) is 0 Å². The number of likely N-dealkylation sites (tertiary alicyclic amines) is 1. The Labute approximate surface area is 109 Å². The summed E-state index contributed by atoms with van der Waals surface area (Å²) in [5.74, 6) is -0.915. The molecule has 2 heterocycles. The first-order chi connectivity index (χ1) is 8.59. The summed E-state index contributed by atoms with van der Waals surface area (Å²) in [6.45, 7) is 2.83. The Bertz CT molecular complexity index is 433. The molecule has 1 aromatic rings. The first-order valence-corrected chi connectivity index (χ1v) is 6.77. The summed E-state index contributed by atoms with van der Waals surface area (Å²) < 4.78 is 0. The van der Waals surface area contributed by atoms with Crippen molar-refractivity contribution in [2.24, 2.45) is 5.92 Å². The molecule has 0 bridgehead atoms. The second kappa shape index (κ2) is 5.39. The number of hydrogen-bond donors (Lipinski definition) is 2. The van der Waals surface area contributed by atoms with Crippen molar-refractivity contribution in [2.75, 3.05) is 6.54 Å². The standard InChI is InChI=1S/C12H16N2O3S/c1-8-4-5-14(10(8)11(15)16)12(17)13-7-9-3-2-6-18-9/h2-3,6,8,10H,4-5,7H2,1H3,(H,13,17)(H,15,16). The van der Waals surface area contributed by atoms with Gasteiger partial charge < -0.3 is 15.3 Å². The van der Waals surface area contributed by atoms with Crippen molar-refractivity contribution < 1.29 is 14.7 Å². The molecule has 1 aliphatic heterocycles. The number of hydrogen-bond acceptors (Lipinski definition) is 3. The fraction of sp³-hybridized carbons (Fsp3) is 0.500. The number of urea groups is 1. The van der Waals surface area contributed by atoms with E-state index in [1.54, 1.807) is 11.3 Å². The van der Waals surface area contributed by atoms with Gasteiger partial charge in [0, 0.05) is 11.4 Å². The Morgan fingerprint density at radius 3 is 3.00 bits per heavy atom. The number of nitrogens with one attached hydrogen (secondary N) is 1. The molecule has 0 spiro atoms. The maximum absolute atomic E-state index is 12.0. The largest absolute Gasteiger partial charge is 0.480 e. The van der Waals surface area contributed by atoms with Crippen LogP contribution >= 0.6 is 11.3 Å². The van der Waals surface area contributed by atoms with Gasteiger partial charge in [-0.1, -0.05) is 13.0 Å². The summed E-state index contributed by atoms with van der Waals surface area (Å²) in [5, 5.41) is 13.8. The Balaban J connectivity index is 1.94. The number of carbonyl (C=O) groups is 2. The van der Waals surface area contributed by atoms with Gasteiger partial charge in [0.25, 0.3) is 0 Å². The molecule has 0 radical (unpaired) electrons. The number of amides is 2. The van der Waals surface area contributed by atoms with Crippen LogP contribution in [0.3, 0.4) is 0 Å². The van der Waals surface area contributed by atoms with E-state index in [0.717, 1.165) is 11.3 Å². The Morgan fingerprint density at radius 2 is 2.39 bits per heavy atom. The summed E-state index contributed by atoms with van der Waals surface area (Å²) >= 11 is 1.57. The molecule has 2 N–H and O–H groups in total. The maximum Gasteiger partial charge on any atom is 0.326 e. The number of thiophene rings is 1. The van der Waals surface area contributed by atoms with Gasteiger partial charge in [0.15, 0.2) is 0 Å². The Kier molecular flexibility index (Phi) is 3.86. The molecule has 1 saturated heterocycles. The fourth-order valence-corrected chi connectivity index (χ4v) is 2.87. The van der Waals surface area contributed by atoms with Crippen LogP contribution in [0.15, 0.2) is 17.5 Å². The molecule has 0 aliphatic carbocycles. The lowest BCUT2D eigenvalue weighted by molar-refractivity contribution is -0.142. The zero-order valence-corrected chi connectivity index (χ0v) is 10.9. The van der Waals surface area contributed by atoms with Crippen LogP contribution in [-0.2, 0) is 11.3 Å². The van der Waals surface area contributed by atoms with E-state index in [2.05, 4.69) is 5.32 Å². The molecule has 1 aliphatic rings. The lowest BCUT2D eigenvalue weighted by atomic mass is 10.0. The van der Waals surface area contributed by atoms with E-state index in [4.69, 9.17) is 5.11 Å². The van der Waals surface area contributed by atoms with Gasteiger partial charge in [0.1, 0.15) is 6.04 Å². The highest BCUT2D eigenvalue weighted by molar-refractivity contribution is 7.09. The molecule has 2 atom stereocenters. The van der Waals surface area contributed by atoms with Crippen LogP contribution in [0.1, 0.15) is 18.2 Å². The van der Waals surface area contributed by atoms with Crippen LogP contribution < -0.4 is 5.32 Å². The number of rotatable bonds is 3. The van der Waals surface area contributed by atoms with E-state index in [0.29, 0.717) is 13.1 Å². The Morgan fingerprint density at radius 1 is 1.61 bits per heavy atom. The molecule has 0 aromatic carbocycles. The molecule has 2 unspecified atom stereocenters. The van der Waals surface area contributed by atoms with Crippen LogP contribution in [0, 0.1) is 5.92 Å². The number of nitrogens with zero attached hydrogens (tertiary/aromatic N) is 1. The van der Waals surface area contributed by atoms with E-state index >= 15 is 0 Å². The van der Waals surface area contributed by atoms with Gasteiger partial charge in [-0.25, -0.2) is 9.59 Å². The van der Waals surface area contributed by atoms with Gasteiger partial charge in [-0.15, -0.1) is 11.3 Å². The van der Waals surface area contributed by atoms with Gasteiger partial charge in [0.2, 0.25) is 0 Å². The molecule has 1 aromatic heterocycles. The average Bonchev–Trinajstić information content (AvgIpc) is 2.94. The van der Waals surface area contributed by atoms with E-state index < -0.39 is 12.0 Å². The van der Waals surface area contributed by atoms with E-state index in [-0.39, 0.29) is 11.9 Å². The van der Waals surface area contributed by atoms with Crippen molar-refractivity contribution in [2.45, 2.75) is 25.9 Å². The highest BCUT2D eigenvalue weighted by Gasteiger charge is 2.39. The fourth-order valence-electron chi connectivity index (χ4n) is 2.23. The number of aliphatic carboxylic acids is 1. The van der Waals surface area contributed by atoms with E-state index in [1.807, 2.05) is 24.4 Å². The van der Waals surface area contributed by atoms with Crippen LogP contribution in [-0.4, -0.2) is 34.6 Å². The number of carbonyl (C=O) groups excluding carboxylic acids is 1. The third kappa shape index (κ3) is 2.64. The molecule has 98 valence electrons. The number of carboxylic acids is 1. The van der Waals surface area contributed by atoms with Crippen molar-refractivity contribution in [1.82, 2.24) is 10.2 Å². The number of carboxylic acid groups (broad SMARTS) is 1. The molecule has 1 fully saturated rings. The second-order valence-electron chi connectivity index (χ2n) is 4.48. The Hall–Kier alpha value is -1.56. The predicted molar refractivity (Wildman–Crippen MR) is 68.5 cm³/mol. The first-order valence-electron chi connectivity index (χ1n) is 5.89. The van der Waals surface area contributed by atoms with Gasteiger partial charge >= 0.3 is 12.0 Å². The molecule has 2 rings (SSSR count). The van der Waals surface area contributed by atoms with E-state index in [9.17, 15) is 9.59 Å². The highest BCUT2D eigenvalue weighted by atomic mass is 32.1. The minimum Gasteiger partial charge on any atom is -0.480 e. The van der Waals surface area contributed by atoms with Gasteiger partial charge in [0.05, 0.1) is 6.54 Å². The molecule has 0 saturated carbocycles. The zero-order chi connectivity index (χ0) is 13.1. The summed E-state index contributed by atoms with van der Waals surface area (Å²) in [6.07, 6.45) is 0.739. The monoisotopic (exact) mass is 268 g/mol. The average molecular weight is 268 g/mol. The van der Waals surface area contributed by atoms with Crippen LogP contribution in [0.5, 0.6) is 0 Å². The van der Waals surface area contributed by atoms with Crippen molar-refractivity contribution in [1.29, 1.82) is 0 Å². The molecule has 5 nitrogen and oxygen atoms in total. The third-order valence-electron chi connectivity index (χ3n) is 3.21. The quantitative estimate of drug-likeness (QED) is 0.877. The summed E-state index contributed by atoms with van der Waals surface area (Å²) in [7, 11) is 0. The van der Waals surface area contributed by atoms with Crippen LogP contribution in [0.4, 0.5) is 4.79 Å². The normalized spacial score (nSPS) is 23.1. The summed E-state index contributed by atoms with van der Waals surface area (Å²) in [5.41, 5.74) is 0. The van der Waals surface area contributed by atoms with Crippen molar-refractivity contribution in [3.8, 4) is 0 Å². The molecular weight excluding hydrogens is 252 g/mol. The minimum atomic E-state index is -0.925. The maximum atomic E-state index is 12.0. The van der Waals surface area contributed by atoms with Crippen LogP contribution in [0.2, 0.25) is 0 Å². The van der Waals surface area contributed by atoms with Crippen molar-refractivity contribution >= 4 is 23.3 Å². The molecule has 6 heteroatoms. The lowest BCUT2D eigenvalue weighted by Crippen LogP contribution is -2.47.